The van der Waals surface area contributed by atoms with Gasteiger partial charge in [0.15, 0.2) is 0 Å². The third kappa shape index (κ3) is 4.86. The van der Waals surface area contributed by atoms with Crippen LogP contribution in [0.3, 0.4) is 0 Å². The number of benzene rings is 7. The van der Waals surface area contributed by atoms with Crippen molar-refractivity contribution < 1.29 is 0 Å². The Labute approximate surface area is 307 Å². The van der Waals surface area contributed by atoms with Gasteiger partial charge >= 0.3 is 0 Å². The molecular weight excluding hydrogens is 655 g/mol. The van der Waals surface area contributed by atoms with Gasteiger partial charge in [-0.25, -0.2) is 0 Å². The van der Waals surface area contributed by atoms with Crippen molar-refractivity contribution in [2.45, 2.75) is 51.4 Å². The Morgan fingerprint density at radius 1 is 0.451 bits per heavy atom. The molecule has 2 aromatic heterocycles. The first-order valence-electron chi connectivity index (χ1n) is 18.1. The van der Waals surface area contributed by atoms with Crippen LogP contribution in [0.5, 0.6) is 0 Å². The van der Waals surface area contributed by atoms with E-state index in [-0.39, 0.29) is 10.8 Å². The number of nitrogens with zero attached hydrogens (tertiary/aromatic N) is 1. The van der Waals surface area contributed by atoms with E-state index in [1.165, 1.54) is 97.6 Å². The molecule has 2 heterocycles. The summed E-state index contributed by atoms with van der Waals surface area (Å²) in [7, 11) is 0. The summed E-state index contributed by atoms with van der Waals surface area (Å²) in [6.07, 6.45) is 2.46. The molecule has 3 heteroatoms. The Bertz CT molecular complexity index is 2820. The second-order valence-electron chi connectivity index (χ2n) is 15.6. The van der Waals surface area contributed by atoms with E-state index in [2.05, 4.69) is 172 Å². The number of anilines is 3. The third-order valence-corrected chi connectivity index (χ3v) is 13.8. The topological polar surface area (TPSA) is 3.24 Å². The second kappa shape index (κ2) is 11.3. The van der Waals surface area contributed by atoms with E-state index < -0.39 is 0 Å². The van der Waals surface area contributed by atoms with Crippen LogP contribution in [-0.4, -0.2) is 0 Å². The standard InChI is InChI=1S/C48H39NS2/c1-47(2)24-25-48(3,4)39-29-45-37(28-38(39)47)36-27-32(22-23-43(36)51-45)31-14-9-15-33(26-31)49(40-18-10-13-30-12-5-6-16-34(30)40)41-19-11-21-44-46(41)35-17-7-8-20-42(35)50-44/h5-23,26-29H,24-25H2,1-4H3. The molecule has 0 radical (unpaired) electrons. The maximum atomic E-state index is 2.54. The summed E-state index contributed by atoms with van der Waals surface area (Å²) >= 11 is 3.81. The molecule has 1 aliphatic carbocycles. The summed E-state index contributed by atoms with van der Waals surface area (Å²) in [4.78, 5) is 2.49. The van der Waals surface area contributed by atoms with Crippen molar-refractivity contribution in [1.29, 1.82) is 0 Å². The van der Waals surface area contributed by atoms with E-state index >= 15 is 0 Å². The Kier molecular flexibility index (Phi) is 6.81. The van der Waals surface area contributed by atoms with Gasteiger partial charge in [0.05, 0.1) is 11.4 Å². The lowest BCUT2D eigenvalue weighted by Crippen LogP contribution is -2.33. The van der Waals surface area contributed by atoms with Crippen molar-refractivity contribution in [3.05, 3.63) is 151 Å². The van der Waals surface area contributed by atoms with E-state index in [1.54, 1.807) is 0 Å². The lowest BCUT2D eigenvalue weighted by atomic mass is 9.63. The lowest BCUT2D eigenvalue weighted by molar-refractivity contribution is 0.332. The SMILES string of the molecule is CC1(C)CCC(C)(C)c2cc3c(cc21)sc1ccc(-c2cccc(N(c4cccc5ccccc45)c4cccc5sc6ccccc6c45)c2)cc13. The van der Waals surface area contributed by atoms with Gasteiger partial charge in [-0.15, -0.1) is 22.7 Å². The van der Waals surface area contributed by atoms with Gasteiger partial charge in [0, 0.05) is 51.4 Å². The molecular formula is C48H39NS2. The van der Waals surface area contributed by atoms with Crippen molar-refractivity contribution >= 4 is 90.9 Å². The molecule has 10 rings (SSSR count). The molecule has 248 valence electrons. The van der Waals surface area contributed by atoms with Gasteiger partial charge in [0.2, 0.25) is 0 Å². The van der Waals surface area contributed by atoms with Crippen molar-refractivity contribution in [2.75, 3.05) is 4.90 Å². The third-order valence-electron chi connectivity index (χ3n) is 11.5. The number of fused-ring (bicyclic) bond motifs is 8. The van der Waals surface area contributed by atoms with E-state index in [1.807, 2.05) is 22.7 Å². The average Bonchev–Trinajstić information content (AvgIpc) is 3.71. The molecule has 1 nitrogen and oxygen atoms in total. The van der Waals surface area contributed by atoms with Gasteiger partial charge in [-0.1, -0.05) is 107 Å². The predicted octanol–water partition coefficient (Wildman–Crippen LogP) is 15.1. The Morgan fingerprint density at radius 3 is 1.92 bits per heavy atom. The molecule has 0 saturated heterocycles. The predicted molar refractivity (Wildman–Crippen MR) is 225 cm³/mol. The van der Waals surface area contributed by atoms with Gasteiger partial charge in [0.1, 0.15) is 0 Å². The molecule has 1 aliphatic rings. The first-order chi connectivity index (χ1) is 24.7. The van der Waals surface area contributed by atoms with Crippen LogP contribution >= 0.6 is 22.7 Å². The molecule has 0 N–H and O–H groups in total. The number of hydrogen-bond acceptors (Lipinski definition) is 3. The molecule has 7 aromatic carbocycles. The van der Waals surface area contributed by atoms with Crippen molar-refractivity contribution in [1.82, 2.24) is 0 Å². The van der Waals surface area contributed by atoms with Crippen LogP contribution in [0.15, 0.2) is 140 Å². The van der Waals surface area contributed by atoms with E-state index in [9.17, 15) is 0 Å². The fourth-order valence-electron chi connectivity index (χ4n) is 8.59. The molecule has 0 saturated carbocycles. The molecule has 51 heavy (non-hydrogen) atoms. The summed E-state index contributed by atoms with van der Waals surface area (Å²) in [5, 5.41) is 7.84. The fraction of sp³-hybridized carbons (Fsp3) is 0.167. The second-order valence-corrected chi connectivity index (χ2v) is 17.8. The largest absolute Gasteiger partial charge is 0.309 e. The van der Waals surface area contributed by atoms with E-state index in [0.29, 0.717) is 0 Å². The molecule has 0 aliphatic heterocycles. The lowest BCUT2D eigenvalue weighted by Gasteiger charge is -2.41. The summed E-state index contributed by atoms with van der Waals surface area (Å²) in [5.74, 6) is 0. The summed E-state index contributed by atoms with van der Waals surface area (Å²) in [5.41, 5.74) is 9.46. The van der Waals surface area contributed by atoms with Crippen LogP contribution in [0.2, 0.25) is 0 Å². The minimum atomic E-state index is 0.181. The first kappa shape index (κ1) is 30.8. The van der Waals surface area contributed by atoms with Crippen LogP contribution in [0, 0.1) is 0 Å². The fourth-order valence-corrected chi connectivity index (χ4v) is 10.8. The van der Waals surface area contributed by atoms with Crippen LogP contribution in [-0.2, 0) is 10.8 Å². The summed E-state index contributed by atoms with van der Waals surface area (Å²) in [6.45, 7) is 9.71. The summed E-state index contributed by atoms with van der Waals surface area (Å²) < 4.78 is 5.38. The van der Waals surface area contributed by atoms with Gasteiger partial charge in [0.25, 0.3) is 0 Å². The Balaban J connectivity index is 1.17. The zero-order valence-corrected chi connectivity index (χ0v) is 31.1. The number of thiophene rings is 2. The zero-order chi connectivity index (χ0) is 34.5. The van der Waals surface area contributed by atoms with Gasteiger partial charge in [-0.2, -0.15) is 0 Å². The molecule has 0 spiro atoms. The monoisotopic (exact) mass is 693 g/mol. The number of hydrogen-bond donors (Lipinski definition) is 0. The first-order valence-corrected chi connectivity index (χ1v) is 19.7. The smallest absolute Gasteiger partial charge is 0.0555 e. The average molecular weight is 694 g/mol. The molecule has 0 amide bonds. The molecule has 0 fully saturated rings. The zero-order valence-electron chi connectivity index (χ0n) is 29.5. The van der Waals surface area contributed by atoms with Crippen LogP contribution in [0.25, 0.3) is 62.2 Å². The Hall–Kier alpha value is -4.96. The van der Waals surface area contributed by atoms with E-state index in [0.717, 1.165) is 5.69 Å². The van der Waals surface area contributed by atoms with Crippen LogP contribution in [0.4, 0.5) is 17.1 Å². The van der Waals surface area contributed by atoms with Crippen molar-refractivity contribution in [2.24, 2.45) is 0 Å². The Morgan fingerprint density at radius 2 is 1.06 bits per heavy atom. The molecule has 9 aromatic rings. The van der Waals surface area contributed by atoms with Gasteiger partial charge < -0.3 is 4.90 Å². The molecule has 0 unspecified atom stereocenters. The minimum Gasteiger partial charge on any atom is -0.309 e. The highest BCUT2D eigenvalue weighted by Crippen LogP contribution is 2.50. The van der Waals surface area contributed by atoms with E-state index in [4.69, 9.17) is 0 Å². The van der Waals surface area contributed by atoms with Crippen molar-refractivity contribution in [3.63, 3.8) is 0 Å². The summed E-state index contributed by atoms with van der Waals surface area (Å²) in [6, 6.07) is 52.4. The highest BCUT2D eigenvalue weighted by Gasteiger charge is 2.37. The van der Waals surface area contributed by atoms with Crippen LogP contribution < -0.4 is 4.90 Å². The highest BCUT2D eigenvalue weighted by atomic mass is 32.1. The number of rotatable bonds is 4. The minimum absolute atomic E-state index is 0.181. The molecule has 0 bridgehead atoms. The van der Waals surface area contributed by atoms with Crippen LogP contribution in [0.1, 0.15) is 51.7 Å². The van der Waals surface area contributed by atoms with Gasteiger partial charge in [-0.05, 0) is 112 Å². The van der Waals surface area contributed by atoms with Gasteiger partial charge in [-0.3, -0.25) is 0 Å². The normalized spacial score (nSPS) is 15.2. The molecule has 0 atom stereocenters. The quantitative estimate of drug-likeness (QED) is 0.177. The van der Waals surface area contributed by atoms with Crippen molar-refractivity contribution in [3.8, 4) is 11.1 Å². The maximum absolute atomic E-state index is 2.54. The maximum Gasteiger partial charge on any atom is 0.0555 e. The highest BCUT2D eigenvalue weighted by molar-refractivity contribution is 7.26.